The summed E-state index contributed by atoms with van der Waals surface area (Å²) in [5.41, 5.74) is 7.50. The van der Waals surface area contributed by atoms with Crippen LogP contribution in [0.15, 0.2) is 30.6 Å². The highest BCUT2D eigenvalue weighted by Gasteiger charge is 2.07. The molecule has 0 fully saturated rings. The molecule has 0 saturated heterocycles. The second-order valence-corrected chi connectivity index (χ2v) is 3.95. The summed E-state index contributed by atoms with van der Waals surface area (Å²) in [5.74, 6) is 0.343. The molecule has 0 aliphatic heterocycles. The fourth-order valence-corrected chi connectivity index (χ4v) is 1.61. The van der Waals surface area contributed by atoms with Crippen LogP contribution in [0.2, 0.25) is 0 Å². The number of benzene rings is 1. The maximum atomic E-state index is 11.7. The topological polar surface area (TPSA) is 85.8 Å². The van der Waals surface area contributed by atoms with Crippen molar-refractivity contribution < 1.29 is 4.79 Å². The van der Waals surface area contributed by atoms with E-state index in [1.807, 2.05) is 24.3 Å². The Kier molecular flexibility index (Phi) is 3.57. The number of aryl methyl sites for hydroxylation is 2. The van der Waals surface area contributed by atoms with Gasteiger partial charge in [-0.3, -0.25) is 10.1 Å². The van der Waals surface area contributed by atoms with Gasteiger partial charge in [-0.15, -0.1) is 0 Å². The van der Waals surface area contributed by atoms with Crippen LogP contribution in [-0.4, -0.2) is 20.7 Å². The monoisotopic (exact) mass is 245 g/mol. The normalized spacial score (nSPS) is 10.3. The molecule has 0 bridgehead atoms. The van der Waals surface area contributed by atoms with Crippen LogP contribution in [0.4, 0.5) is 11.6 Å². The van der Waals surface area contributed by atoms with Crippen molar-refractivity contribution in [3.63, 3.8) is 0 Å². The molecule has 6 heteroatoms. The second kappa shape index (κ2) is 5.31. The third-order valence-corrected chi connectivity index (χ3v) is 2.64. The van der Waals surface area contributed by atoms with E-state index in [1.54, 1.807) is 7.05 Å². The molecule has 0 saturated carbocycles. The highest BCUT2D eigenvalue weighted by Crippen LogP contribution is 2.13. The summed E-state index contributed by atoms with van der Waals surface area (Å²) in [6, 6.07) is 7.53. The van der Waals surface area contributed by atoms with Gasteiger partial charge < -0.3 is 5.73 Å². The zero-order chi connectivity index (χ0) is 13.0. The molecule has 1 heterocycles. The molecule has 2 aromatic rings. The van der Waals surface area contributed by atoms with Crippen LogP contribution in [-0.2, 0) is 18.3 Å². The van der Waals surface area contributed by atoms with Crippen LogP contribution in [0.3, 0.4) is 0 Å². The molecule has 18 heavy (non-hydrogen) atoms. The molecular weight excluding hydrogens is 230 g/mol. The van der Waals surface area contributed by atoms with Crippen LogP contribution in [0.5, 0.6) is 0 Å². The standard InChI is InChI=1S/C12H15N5O/c1-17-12(14-8-15-17)16-11(18)7-6-9-4-2-3-5-10(9)13/h2-5,8H,6-7,13H2,1H3,(H,14,15,16,18). The quantitative estimate of drug-likeness (QED) is 0.786. The van der Waals surface area contributed by atoms with Crippen molar-refractivity contribution in [1.29, 1.82) is 0 Å². The van der Waals surface area contributed by atoms with Crippen molar-refractivity contribution in [3.8, 4) is 0 Å². The zero-order valence-electron chi connectivity index (χ0n) is 10.1. The average Bonchev–Trinajstić information content (AvgIpc) is 2.74. The number of nitrogens with two attached hydrogens (primary N) is 1. The average molecular weight is 245 g/mol. The van der Waals surface area contributed by atoms with Crippen LogP contribution >= 0.6 is 0 Å². The van der Waals surface area contributed by atoms with Gasteiger partial charge in [-0.2, -0.15) is 10.1 Å². The Morgan fingerprint density at radius 2 is 2.22 bits per heavy atom. The first-order chi connectivity index (χ1) is 8.66. The van der Waals surface area contributed by atoms with Crippen LogP contribution < -0.4 is 11.1 Å². The molecule has 2 rings (SSSR count). The van der Waals surface area contributed by atoms with Crippen molar-refractivity contribution in [3.05, 3.63) is 36.2 Å². The fraction of sp³-hybridized carbons (Fsp3) is 0.250. The predicted molar refractivity (Wildman–Crippen MR) is 68.8 cm³/mol. The largest absolute Gasteiger partial charge is 0.399 e. The van der Waals surface area contributed by atoms with Crippen LogP contribution in [0.1, 0.15) is 12.0 Å². The first-order valence-electron chi connectivity index (χ1n) is 5.64. The Bertz CT molecular complexity index is 549. The Hall–Kier alpha value is -2.37. The number of amides is 1. The maximum Gasteiger partial charge on any atom is 0.227 e. The number of anilines is 2. The molecule has 3 N–H and O–H groups in total. The minimum absolute atomic E-state index is 0.102. The van der Waals surface area contributed by atoms with Crippen molar-refractivity contribution in [2.24, 2.45) is 7.05 Å². The van der Waals surface area contributed by atoms with Gasteiger partial charge >= 0.3 is 0 Å². The molecule has 0 unspecified atom stereocenters. The maximum absolute atomic E-state index is 11.7. The van der Waals surface area contributed by atoms with Gasteiger partial charge in [0.25, 0.3) is 0 Å². The van der Waals surface area contributed by atoms with Gasteiger partial charge in [0.15, 0.2) is 0 Å². The third kappa shape index (κ3) is 2.85. The Labute approximate surface area is 105 Å². The lowest BCUT2D eigenvalue weighted by Gasteiger charge is -2.06. The molecule has 1 aromatic heterocycles. The van der Waals surface area contributed by atoms with Gasteiger partial charge in [-0.05, 0) is 18.1 Å². The summed E-state index contributed by atoms with van der Waals surface area (Å²) in [6.07, 6.45) is 2.36. The Morgan fingerprint density at radius 1 is 1.44 bits per heavy atom. The predicted octanol–water partition coefficient (Wildman–Crippen LogP) is 0.969. The fourth-order valence-electron chi connectivity index (χ4n) is 1.61. The molecular formula is C12H15N5O. The molecule has 0 spiro atoms. The Balaban J connectivity index is 1.90. The number of hydrogen-bond donors (Lipinski definition) is 2. The number of carbonyl (C=O) groups excluding carboxylic acids is 1. The number of aromatic nitrogens is 3. The zero-order valence-corrected chi connectivity index (χ0v) is 10.1. The minimum atomic E-state index is -0.102. The lowest BCUT2D eigenvalue weighted by molar-refractivity contribution is -0.116. The summed E-state index contributed by atoms with van der Waals surface area (Å²) in [7, 11) is 1.72. The van der Waals surface area contributed by atoms with Crippen molar-refractivity contribution >= 4 is 17.5 Å². The summed E-state index contributed by atoms with van der Waals surface area (Å²) >= 11 is 0. The van der Waals surface area contributed by atoms with Crippen LogP contribution in [0, 0.1) is 0 Å². The van der Waals surface area contributed by atoms with Crippen LogP contribution in [0.25, 0.3) is 0 Å². The van der Waals surface area contributed by atoms with E-state index in [2.05, 4.69) is 15.4 Å². The summed E-state index contributed by atoms with van der Waals surface area (Å²) in [5, 5.41) is 6.56. The highest BCUT2D eigenvalue weighted by molar-refractivity contribution is 5.89. The van der Waals surface area contributed by atoms with Gasteiger partial charge in [-0.25, -0.2) is 4.68 Å². The number of hydrogen-bond acceptors (Lipinski definition) is 4. The first-order valence-corrected chi connectivity index (χ1v) is 5.64. The van der Waals surface area contributed by atoms with E-state index in [0.29, 0.717) is 24.5 Å². The van der Waals surface area contributed by atoms with E-state index in [4.69, 9.17) is 5.73 Å². The molecule has 0 aliphatic carbocycles. The SMILES string of the molecule is Cn1ncnc1NC(=O)CCc1ccccc1N. The number of nitrogen functional groups attached to an aromatic ring is 1. The van der Waals surface area contributed by atoms with E-state index >= 15 is 0 Å². The van der Waals surface area contributed by atoms with E-state index < -0.39 is 0 Å². The van der Waals surface area contributed by atoms with E-state index in [-0.39, 0.29) is 5.91 Å². The number of nitrogens with zero attached hydrogens (tertiary/aromatic N) is 3. The number of carbonyl (C=O) groups is 1. The second-order valence-electron chi connectivity index (χ2n) is 3.95. The molecule has 0 atom stereocenters. The third-order valence-electron chi connectivity index (χ3n) is 2.64. The molecule has 1 aromatic carbocycles. The first kappa shape index (κ1) is 12.1. The number of rotatable bonds is 4. The number of nitrogens with one attached hydrogen (secondary N) is 1. The lowest BCUT2D eigenvalue weighted by Crippen LogP contribution is -2.16. The molecule has 6 nitrogen and oxygen atoms in total. The van der Waals surface area contributed by atoms with E-state index in [0.717, 1.165) is 5.56 Å². The van der Waals surface area contributed by atoms with E-state index in [1.165, 1.54) is 11.0 Å². The van der Waals surface area contributed by atoms with Gasteiger partial charge in [0.1, 0.15) is 6.33 Å². The molecule has 1 amide bonds. The lowest BCUT2D eigenvalue weighted by atomic mass is 10.1. The molecule has 0 radical (unpaired) electrons. The van der Waals surface area contributed by atoms with Gasteiger partial charge in [0, 0.05) is 19.2 Å². The summed E-state index contributed by atoms with van der Waals surface area (Å²) in [4.78, 5) is 15.6. The van der Waals surface area contributed by atoms with Crippen molar-refractivity contribution in [1.82, 2.24) is 14.8 Å². The van der Waals surface area contributed by atoms with Gasteiger partial charge in [-0.1, -0.05) is 18.2 Å². The van der Waals surface area contributed by atoms with Crippen molar-refractivity contribution in [2.45, 2.75) is 12.8 Å². The molecule has 94 valence electrons. The molecule has 0 aliphatic rings. The summed E-state index contributed by atoms with van der Waals surface area (Å²) in [6.45, 7) is 0. The number of para-hydroxylation sites is 1. The van der Waals surface area contributed by atoms with Gasteiger partial charge in [0.2, 0.25) is 11.9 Å². The van der Waals surface area contributed by atoms with Crippen molar-refractivity contribution in [2.75, 3.05) is 11.1 Å². The summed E-state index contributed by atoms with van der Waals surface area (Å²) < 4.78 is 1.51. The van der Waals surface area contributed by atoms with E-state index in [9.17, 15) is 4.79 Å². The van der Waals surface area contributed by atoms with Gasteiger partial charge in [0.05, 0.1) is 0 Å². The smallest absolute Gasteiger partial charge is 0.227 e. The Morgan fingerprint density at radius 3 is 2.89 bits per heavy atom. The highest BCUT2D eigenvalue weighted by atomic mass is 16.1. The minimum Gasteiger partial charge on any atom is -0.399 e.